The number of oxazole rings is 1. The maximum atomic E-state index is 12.2. The molecule has 0 aliphatic rings. The van der Waals surface area contributed by atoms with Crippen LogP contribution in [0.2, 0.25) is 0 Å². The molecule has 1 heterocycles. The lowest BCUT2D eigenvalue weighted by Crippen LogP contribution is -2.31. The largest absolute Gasteiger partial charge is 0.540 e. The summed E-state index contributed by atoms with van der Waals surface area (Å²) in [5.74, 6) is 0.546. The highest BCUT2D eigenvalue weighted by Gasteiger charge is 2.21. The first kappa shape index (κ1) is 15.5. The molecular weight excluding hydrogens is 312 g/mol. The molecule has 7 nitrogen and oxygen atoms in total. The van der Waals surface area contributed by atoms with E-state index in [9.17, 15) is 15.2 Å². The second kappa shape index (κ2) is 6.04. The van der Waals surface area contributed by atoms with Crippen molar-refractivity contribution in [3.05, 3.63) is 58.6 Å². The van der Waals surface area contributed by atoms with Crippen molar-refractivity contribution in [3.63, 3.8) is 0 Å². The van der Waals surface area contributed by atoms with Crippen LogP contribution < -0.4 is 14.4 Å². The van der Waals surface area contributed by atoms with Gasteiger partial charge in [0.1, 0.15) is 18.7 Å². The van der Waals surface area contributed by atoms with Crippen molar-refractivity contribution in [1.29, 1.82) is 0 Å². The Morgan fingerprint density at radius 2 is 1.62 bits per heavy atom. The minimum atomic E-state index is -0.478. The molecule has 0 fully saturated rings. The van der Waals surface area contributed by atoms with Crippen LogP contribution in [-0.4, -0.2) is 12.0 Å². The van der Waals surface area contributed by atoms with Crippen LogP contribution in [0.15, 0.2) is 52.9 Å². The number of benzene rings is 2. The monoisotopic (exact) mass is 326 g/mol. The van der Waals surface area contributed by atoms with E-state index in [1.165, 1.54) is 12.1 Å². The number of nitro groups is 1. The van der Waals surface area contributed by atoms with Crippen molar-refractivity contribution in [2.24, 2.45) is 7.05 Å². The minimum absolute atomic E-state index is 0.0225. The number of methoxy groups -OCH3 is 1. The normalized spacial score (nSPS) is 10.6. The van der Waals surface area contributed by atoms with E-state index in [-0.39, 0.29) is 5.69 Å². The summed E-state index contributed by atoms with van der Waals surface area (Å²) in [5, 5.41) is 23.0. The molecule has 3 aromatic rings. The van der Waals surface area contributed by atoms with Crippen LogP contribution in [0, 0.1) is 10.1 Å². The van der Waals surface area contributed by atoms with E-state index in [4.69, 9.17) is 9.15 Å². The Kier molecular flexibility index (Phi) is 3.91. The summed E-state index contributed by atoms with van der Waals surface area (Å²) in [7, 11) is 3.28. The van der Waals surface area contributed by atoms with E-state index in [0.717, 1.165) is 0 Å². The summed E-state index contributed by atoms with van der Waals surface area (Å²) in [5.41, 5.74) is 1.65. The molecule has 0 N–H and O–H groups in total. The zero-order chi connectivity index (χ0) is 17.3. The molecule has 0 aliphatic carbocycles. The molecule has 0 spiro atoms. The second-order valence-electron chi connectivity index (χ2n) is 5.13. The van der Waals surface area contributed by atoms with Crippen LogP contribution in [-0.2, 0) is 7.05 Å². The number of rotatable bonds is 4. The zero-order valence-electron chi connectivity index (χ0n) is 13.1. The van der Waals surface area contributed by atoms with Crippen molar-refractivity contribution in [2.45, 2.75) is 0 Å². The molecule has 0 aliphatic heterocycles. The molecule has 2 aromatic carbocycles. The van der Waals surface area contributed by atoms with Gasteiger partial charge in [-0.2, -0.15) is 4.57 Å². The summed E-state index contributed by atoms with van der Waals surface area (Å²) in [6, 6.07) is 12.9. The van der Waals surface area contributed by atoms with Gasteiger partial charge in [0.05, 0.1) is 17.6 Å². The van der Waals surface area contributed by atoms with Crippen molar-refractivity contribution in [3.8, 4) is 34.4 Å². The van der Waals surface area contributed by atoms with Gasteiger partial charge in [0.15, 0.2) is 0 Å². The number of hydrogen-bond donors (Lipinski definition) is 0. The average Bonchev–Trinajstić information content (AvgIpc) is 2.89. The minimum Gasteiger partial charge on any atom is -0.540 e. The molecule has 0 unspecified atom stereocenters. The van der Waals surface area contributed by atoms with Crippen LogP contribution in [0.5, 0.6) is 11.7 Å². The molecule has 122 valence electrons. The molecule has 7 heteroatoms. The van der Waals surface area contributed by atoms with Crippen LogP contribution in [0.4, 0.5) is 5.69 Å². The lowest BCUT2D eigenvalue weighted by atomic mass is 10.1. The Morgan fingerprint density at radius 1 is 1.04 bits per heavy atom. The lowest BCUT2D eigenvalue weighted by Gasteiger charge is -2.02. The highest BCUT2D eigenvalue weighted by Crippen LogP contribution is 2.31. The van der Waals surface area contributed by atoms with Gasteiger partial charge in [0.25, 0.3) is 11.6 Å². The van der Waals surface area contributed by atoms with E-state index >= 15 is 0 Å². The van der Waals surface area contributed by atoms with E-state index in [2.05, 4.69) is 0 Å². The van der Waals surface area contributed by atoms with Crippen LogP contribution in [0.1, 0.15) is 0 Å². The molecule has 3 rings (SSSR count). The van der Waals surface area contributed by atoms with E-state index in [0.29, 0.717) is 28.5 Å². The summed E-state index contributed by atoms with van der Waals surface area (Å²) < 4.78 is 12.1. The molecular formula is C17H14N2O5. The van der Waals surface area contributed by atoms with Gasteiger partial charge in [-0.1, -0.05) is 0 Å². The average molecular weight is 326 g/mol. The van der Waals surface area contributed by atoms with E-state index in [1.54, 1.807) is 55.1 Å². The zero-order valence-corrected chi connectivity index (χ0v) is 13.1. The van der Waals surface area contributed by atoms with Gasteiger partial charge in [-0.25, -0.2) is 0 Å². The Labute approximate surface area is 137 Å². The summed E-state index contributed by atoms with van der Waals surface area (Å²) in [6.45, 7) is 0. The lowest BCUT2D eigenvalue weighted by molar-refractivity contribution is -0.652. The van der Waals surface area contributed by atoms with Crippen molar-refractivity contribution in [1.82, 2.24) is 0 Å². The molecule has 0 atom stereocenters. The summed E-state index contributed by atoms with van der Waals surface area (Å²) >= 11 is 0. The quantitative estimate of drug-likeness (QED) is 0.417. The van der Waals surface area contributed by atoms with Crippen molar-refractivity contribution < 1.29 is 23.8 Å². The predicted octanol–water partition coefficient (Wildman–Crippen LogP) is 2.43. The number of hydrogen-bond acceptors (Lipinski definition) is 5. The van der Waals surface area contributed by atoms with Gasteiger partial charge in [-0.3, -0.25) is 10.1 Å². The molecule has 0 radical (unpaired) electrons. The van der Waals surface area contributed by atoms with Gasteiger partial charge in [-0.15, -0.1) is 0 Å². The van der Waals surface area contributed by atoms with Gasteiger partial charge in [-0.05, 0) is 36.4 Å². The number of aromatic nitrogens is 1. The Hall–Kier alpha value is -3.35. The maximum absolute atomic E-state index is 12.2. The van der Waals surface area contributed by atoms with Gasteiger partial charge < -0.3 is 14.3 Å². The van der Waals surface area contributed by atoms with Crippen LogP contribution >= 0.6 is 0 Å². The highest BCUT2D eigenvalue weighted by atomic mass is 16.6. The van der Waals surface area contributed by atoms with Crippen molar-refractivity contribution >= 4 is 5.69 Å². The van der Waals surface area contributed by atoms with Gasteiger partial charge in [0, 0.05) is 17.7 Å². The number of nitro benzene ring substituents is 1. The smallest absolute Gasteiger partial charge is 0.269 e. The fraction of sp³-hybridized carbons (Fsp3) is 0.118. The van der Waals surface area contributed by atoms with Gasteiger partial charge >= 0.3 is 0 Å². The van der Waals surface area contributed by atoms with E-state index < -0.39 is 10.9 Å². The molecule has 0 saturated heterocycles. The SMILES string of the molecule is COc1ccc(-c2c([O-])oc(-c3ccc([N+](=O)[O-])cc3)[n+]2C)cc1. The van der Waals surface area contributed by atoms with Crippen LogP contribution in [0.25, 0.3) is 22.7 Å². The molecule has 0 saturated carbocycles. The first-order valence-electron chi connectivity index (χ1n) is 7.10. The fourth-order valence-electron chi connectivity index (χ4n) is 2.48. The molecule has 0 bridgehead atoms. The third-order valence-electron chi connectivity index (χ3n) is 3.71. The third-order valence-corrected chi connectivity index (χ3v) is 3.71. The predicted molar refractivity (Wildman–Crippen MR) is 83.4 cm³/mol. The fourth-order valence-corrected chi connectivity index (χ4v) is 2.48. The maximum Gasteiger partial charge on any atom is 0.269 e. The third kappa shape index (κ3) is 2.67. The van der Waals surface area contributed by atoms with Gasteiger partial charge in [0.2, 0.25) is 5.69 Å². The number of ether oxygens (including phenoxy) is 1. The Balaban J connectivity index is 2.03. The van der Waals surface area contributed by atoms with Crippen molar-refractivity contribution in [2.75, 3.05) is 7.11 Å². The topological polar surface area (TPSA) is 92.4 Å². The first-order valence-corrected chi connectivity index (χ1v) is 7.10. The highest BCUT2D eigenvalue weighted by molar-refractivity contribution is 5.63. The first-order chi connectivity index (χ1) is 11.5. The number of non-ortho nitro benzene ring substituents is 1. The van der Waals surface area contributed by atoms with E-state index in [1.807, 2.05) is 0 Å². The molecule has 0 amide bonds. The van der Waals surface area contributed by atoms with Crippen LogP contribution in [0.3, 0.4) is 0 Å². The summed E-state index contributed by atoms with van der Waals surface area (Å²) in [6.07, 6.45) is 0. The number of nitrogens with zero attached hydrogens (tertiary/aromatic N) is 2. The molecule has 24 heavy (non-hydrogen) atoms. The Morgan fingerprint density at radius 3 is 2.17 bits per heavy atom. The Bertz CT molecular complexity index is 883. The molecule has 1 aromatic heterocycles. The standard InChI is InChI=1S/C17H14N2O5/c1-18-15(11-5-9-14(23-2)10-6-11)17(20)24-16(18)12-3-7-13(8-4-12)19(21)22/h3-10H,1-2H3. The summed E-state index contributed by atoms with van der Waals surface area (Å²) in [4.78, 5) is 10.2. The second-order valence-corrected chi connectivity index (χ2v) is 5.13.